The molecule has 10 heteroatoms. The summed E-state index contributed by atoms with van der Waals surface area (Å²) in [6.07, 6.45) is -3.19. The number of nitrogens with zero attached hydrogens (tertiary/aromatic N) is 4. The van der Waals surface area contributed by atoms with Gasteiger partial charge in [0.25, 0.3) is 0 Å². The number of carbonyl (C=O) groups excluding carboxylic acids is 1. The molecule has 0 saturated carbocycles. The van der Waals surface area contributed by atoms with E-state index in [1.54, 1.807) is 19.0 Å². The number of halogens is 3. The standard InChI is InChI=1S/C14H17F3N6O/c1-22(2)11-5-4-9(14(15,16)17)6-10(11)20-13(24)23(3)7-12-18-8-19-21-12/h4-6,8H,7H2,1-3H3,(H,20,24)(H,18,19,21). The van der Waals surface area contributed by atoms with Gasteiger partial charge in [-0.25, -0.2) is 9.78 Å². The molecule has 0 atom stereocenters. The van der Waals surface area contributed by atoms with Gasteiger partial charge in [0.1, 0.15) is 12.2 Å². The fourth-order valence-corrected chi connectivity index (χ4v) is 2.02. The number of anilines is 2. The number of amides is 2. The second-order valence-electron chi connectivity index (χ2n) is 5.34. The highest BCUT2D eigenvalue weighted by Crippen LogP contribution is 2.35. The van der Waals surface area contributed by atoms with E-state index in [2.05, 4.69) is 20.5 Å². The molecule has 0 saturated heterocycles. The van der Waals surface area contributed by atoms with Crippen molar-refractivity contribution in [3.63, 3.8) is 0 Å². The first-order valence-corrected chi connectivity index (χ1v) is 6.93. The van der Waals surface area contributed by atoms with Gasteiger partial charge in [-0.15, -0.1) is 0 Å². The van der Waals surface area contributed by atoms with Crippen molar-refractivity contribution in [2.45, 2.75) is 12.7 Å². The van der Waals surface area contributed by atoms with Crippen molar-refractivity contribution in [1.82, 2.24) is 20.1 Å². The number of benzene rings is 1. The molecule has 0 aliphatic heterocycles. The molecule has 1 aromatic heterocycles. The Hall–Kier alpha value is -2.78. The summed E-state index contributed by atoms with van der Waals surface area (Å²) in [5, 5.41) is 8.77. The molecule has 2 amide bonds. The van der Waals surface area contributed by atoms with Gasteiger partial charge in [0.2, 0.25) is 0 Å². The minimum absolute atomic E-state index is 0.0734. The third-order valence-corrected chi connectivity index (χ3v) is 3.25. The Bertz CT molecular complexity index is 699. The minimum Gasteiger partial charge on any atom is -0.376 e. The molecule has 1 heterocycles. The molecule has 2 rings (SSSR count). The number of aromatic amines is 1. The van der Waals surface area contributed by atoms with Gasteiger partial charge in [0.15, 0.2) is 0 Å². The zero-order chi connectivity index (χ0) is 17.9. The summed E-state index contributed by atoms with van der Waals surface area (Å²) in [6.45, 7) is 0.141. The Labute approximate surface area is 136 Å². The third kappa shape index (κ3) is 4.15. The Morgan fingerprint density at radius 3 is 2.54 bits per heavy atom. The number of nitrogens with one attached hydrogen (secondary N) is 2. The molecule has 7 nitrogen and oxygen atoms in total. The molecule has 2 N–H and O–H groups in total. The van der Waals surface area contributed by atoms with Crippen LogP contribution in [0.15, 0.2) is 24.5 Å². The fourth-order valence-electron chi connectivity index (χ4n) is 2.02. The van der Waals surface area contributed by atoms with Crippen LogP contribution in [0.5, 0.6) is 0 Å². The zero-order valence-corrected chi connectivity index (χ0v) is 13.3. The predicted molar refractivity (Wildman–Crippen MR) is 82.6 cm³/mol. The lowest BCUT2D eigenvalue weighted by Gasteiger charge is -2.22. The number of H-pyrrole nitrogens is 1. The van der Waals surface area contributed by atoms with Crippen LogP contribution in [0.1, 0.15) is 11.4 Å². The largest absolute Gasteiger partial charge is 0.416 e. The molecule has 130 valence electrons. The maximum atomic E-state index is 12.9. The minimum atomic E-state index is -4.49. The average Bonchev–Trinajstić information content (AvgIpc) is 2.98. The van der Waals surface area contributed by atoms with E-state index in [0.717, 1.165) is 12.1 Å². The van der Waals surface area contributed by atoms with E-state index >= 15 is 0 Å². The monoisotopic (exact) mass is 342 g/mol. The van der Waals surface area contributed by atoms with Gasteiger partial charge in [-0.05, 0) is 18.2 Å². The van der Waals surface area contributed by atoms with Gasteiger partial charge < -0.3 is 15.1 Å². The second kappa shape index (κ2) is 6.77. The Balaban J connectivity index is 2.21. The number of hydrogen-bond donors (Lipinski definition) is 2. The lowest BCUT2D eigenvalue weighted by atomic mass is 10.1. The number of hydrogen-bond acceptors (Lipinski definition) is 4. The van der Waals surface area contributed by atoms with Crippen LogP contribution < -0.4 is 10.2 Å². The number of carbonyl (C=O) groups is 1. The van der Waals surface area contributed by atoms with Crippen LogP contribution in [0, 0.1) is 0 Å². The molecule has 0 radical (unpaired) electrons. The van der Waals surface area contributed by atoms with Crippen LogP contribution in [0.4, 0.5) is 29.3 Å². The lowest BCUT2D eigenvalue weighted by Crippen LogP contribution is -2.32. The third-order valence-electron chi connectivity index (χ3n) is 3.25. The molecule has 1 aromatic carbocycles. The van der Waals surface area contributed by atoms with E-state index in [4.69, 9.17) is 0 Å². The summed E-state index contributed by atoms with van der Waals surface area (Å²) in [5.41, 5.74) is -0.296. The zero-order valence-electron chi connectivity index (χ0n) is 13.3. The van der Waals surface area contributed by atoms with E-state index in [1.807, 2.05) is 0 Å². The van der Waals surface area contributed by atoms with Crippen molar-refractivity contribution in [3.05, 3.63) is 35.9 Å². The predicted octanol–water partition coefficient (Wildman–Crippen LogP) is 2.55. The second-order valence-corrected chi connectivity index (χ2v) is 5.34. The van der Waals surface area contributed by atoms with Crippen molar-refractivity contribution in [1.29, 1.82) is 0 Å². The summed E-state index contributed by atoms with van der Waals surface area (Å²) in [4.78, 5) is 19.0. The molecule has 0 bridgehead atoms. The van der Waals surface area contributed by atoms with Gasteiger partial charge in [-0.1, -0.05) is 0 Å². The SMILES string of the molecule is CN(Cc1ncn[nH]1)C(=O)Nc1cc(C(F)(F)F)ccc1N(C)C. The molecular weight excluding hydrogens is 325 g/mol. The van der Waals surface area contributed by atoms with Crippen molar-refractivity contribution >= 4 is 17.4 Å². The van der Waals surface area contributed by atoms with Crippen LogP contribution in [0.2, 0.25) is 0 Å². The quantitative estimate of drug-likeness (QED) is 0.895. The molecule has 0 aliphatic rings. The first kappa shape index (κ1) is 17.6. The van der Waals surface area contributed by atoms with E-state index in [0.29, 0.717) is 11.5 Å². The van der Waals surface area contributed by atoms with E-state index < -0.39 is 17.8 Å². The normalized spacial score (nSPS) is 11.2. The fraction of sp³-hybridized carbons (Fsp3) is 0.357. The van der Waals surface area contributed by atoms with Crippen molar-refractivity contribution in [2.24, 2.45) is 0 Å². The van der Waals surface area contributed by atoms with Crippen molar-refractivity contribution in [2.75, 3.05) is 31.4 Å². The molecule has 0 fully saturated rings. The van der Waals surface area contributed by atoms with Crippen LogP contribution >= 0.6 is 0 Å². The highest BCUT2D eigenvalue weighted by molar-refractivity contribution is 5.93. The first-order valence-electron chi connectivity index (χ1n) is 6.93. The number of urea groups is 1. The van der Waals surface area contributed by atoms with E-state index in [1.165, 1.54) is 24.3 Å². The molecule has 2 aromatic rings. The number of alkyl halides is 3. The maximum absolute atomic E-state index is 12.9. The molecule has 0 aliphatic carbocycles. The van der Waals surface area contributed by atoms with Crippen LogP contribution in [-0.2, 0) is 12.7 Å². The smallest absolute Gasteiger partial charge is 0.376 e. The summed E-state index contributed by atoms with van der Waals surface area (Å²) in [5.74, 6) is 0.463. The average molecular weight is 342 g/mol. The van der Waals surface area contributed by atoms with Gasteiger partial charge in [-0.2, -0.15) is 18.3 Å². The molecule has 24 heavy (non-hydrogen) atoms. The van der Waals surface area contributed by atoms with E-state index in [9.17, 15) is 18.0 Å². The highest BCUT2D eigenvalue weighted by Gasteiger charge is 2.31. The number of rotatable bonds is 4. The Morgan fingerprint density at radius 2 is 2.00 bits per heavy atom. The van der Waals surface area contributed by atoms with E-state index in [-0.39, 0.29) is 12.2 Å². The van der Waals surface area contributed by atoms with Gasteiger partial charge in [-0.3, -0.25) is 5.10 Å². The van der Waals surface area contributed by atoms with Crippen LogP contribution in [-0.4, -0.2) is 47.3 Å². The Kier molecular flexibility index (Phi) is 4.96. The van der Waals surface area contributed by atoms with Gasteiger partial charge in [0.05, 0.1) is 23.5 Å². The summed E-state index contributed by atoms with van der Waals surface area (Å²) in [6, 6.07) is 2.64. The maximum Gasteiger partial charge on any atom is 0.416 e. The van der Waals surface area contributed by atoms with Crippen molar-refractivity contribution in [3.8, 4) is 0 Å². The summed E-state index contributed by atoms with van der Waals surface area (Å²) >= 11 is 0. The summed E-state index contributed by atoms with van der Waals surface area (Å²) in [7, 11) is 4.85. The lowest BCUT2D eigenvalue weighted by molar-refractivity contribution is -0.137. The molecular formula is C14H17F3N6O. The van der Waals surface area contributed by atoms with Crippen molar-refractivity contribution < 1.29 is 18.0 Å². The Morgan fingerprint density at radius 1 is 1.29 bits per heavy atom. The molecule has 0 unspecified atom stereocenters. The van der Waals surface area contributed by atoms with Crippen LogP contribution in [0.25, 0.3) is 0 Å². The molecule has 0 spiro atoms. The topological polar surface area (TPSA) is 77.1 Å². The van der Waals surface area contributed by atoms with Gasteiger partial charge in [0, 0.05) is 21.1 Å². The van der Waals surface area contributed by atoms with Crippen LogP contribution in [0.3, 0.4) is 0 Å². The summed E-state index contributed by atoms with van der Waals surface area (Å²) < 4.78 is 38.7. The first-order chi connectivity index (χ1) is 11.2. The highest BCUT2D eigenvalue weighted by atomic mass is 19.4. The number of aromatic nitrogens is 3. The van der Waals surface area contributed by atoms with Gasteiger partial charge >= 0.3 is 12.2 Å².